The molecule has 192 valence electrons. The van der Waals surface area contributed by atoms with Gasteiger partial charge < -0.3 is 15.2 Å². The van der Waals surface area contributed by atoms with Crippen molar-refractivity contribution < 1.29 is 9.59 Å². The van der Waals surface area contributed by atoms with Gasteiger partial charge in [0.1, 0.15) is 11.1 Å². The summed E-state index contributed by atoms with van der Waals surface area (Å²) in [6.45, 7) is 5.98. The quantitative estimate of drug-likeness (QED) is 0.246. The molecule has 0 radical (unpaired) electrons. The van der Waals surface area contributed by atoms with Gasteiger partial charge in [-0.05, 0) is 56.4 Å². The summed E-state index contributed by atoms with van der Waals surface area (Å²) in [6, 6.07) is 6.43. The van der Waals surface area contributed by atoms with E-state index < -0.39 is 6.04 Å². The molecule has 3 aromatic rings. The van der Waals surface area contributed by atoms with Gasteiger partial charge in [-0.1, -0.05) is 41.0 Å². The van der Waals surface area contributed by atoms with Crippen molar-refractivity contribution in [2.24, 2.45) is 0 Å². The number of carbonyl (C=O) groups is 2. The number of nitriles is 1. The SMILES string of the molecule is C=CCn1c(SCC(=O)Nc2sc3c(c2C#N)CCCC3)nnc1[C@H](C)NC(=O)c1ccc(Cl)cc1Cl. The van der Waals surface area contributed by atoms with E-state index in [-0.39, 0.29) is 22.6 Å². The van der Waals surface area contributed by atoms with E-state index in [0.29, 0.717) is 38.7 Å². The van der Waals surface area contributed by atoms with Crippen LogP contribution in [-0.2, 0) is 24.2 Å². The van der Waals surface area contributed by atoms with Gasteiger partial charge in [0.15, 0.2) is 11.0 Å². The Kier molecular flexibility index (Phi) is 8.92. The number of thiophene rings is 1. The lowest BCUT2D eigenvalue weighted by atomic mass is 9.96. The third-order valence-electron chi connectivity index (χ3n) is 5.84. The van der Waals surface area contributed by atoms with E-state index in [9.17, 15) is 14.9 Å². The minimum absolute atomic E-state index is 0.0871. The van der Waals surface area contributed by atoms with Crippen molar-refractivity contribution in [2.75, 3.05) is 11.1 Å². The number of aryl methyl sites for hydroxylation is 1. The number of allylic oxidation sites excluding steroid dienone is 1. The smallest absolute Gasteiger partial charge is 0.253 e. The van der Waals surface area contributed by atoms with E-state index in [1.54, 1.807) is 29.7 Å². The maximum Gasteiger partial charge on any atom is 0.253 e. The molecule has 4 rings (SSSR count). The van der Waals surface area contributed by atoms with Gasteiger partial charge >= 0.3 is 0 Å². The molecule has 1 atom stereocenters. The van der Waals surface area contributed by atoms with Crippen LogP contribution < -0.4 is 10.6 Å². The summed E-state index contributed by atoms with van der Waals surface area (Å²) in [5.74, 6) is -0.000532. The van der Waals surface area contributed by atoms with E-state index in [1.165, 1.54) is 34.0 Å². The minimum Gasteiger partial charge on any atom is -0.342 e. The van der Waals surface area contributed by atoms with Gasteiger partial charge in [0, 0.05) is 16.4 Å². The highest BCUT2D eigenvalue weighted by atomic mass is 35.5. The Hall–Kier alpha value is -2.84. The molecule has 0 spiro atoms. The second-order valence-corrected chi connectivity index (χ2v) is 11.3. The largest absolute Gasteiger partial charge is 0.342 e. The van der Waals surface area contributed by atoms with Crippen LogP contribution in [0.2, 0.25) is 10.0 Å². The fourth-order valence-corrected chi connectivity index (χ4v) is 6.61. The number of hydrogen-bond acceptors (Lipinski definition) is 7. The molecular formula is C25H24Cl2N6O2S2. The highest BCUT2D eigenvalue weighted by Crippen LogP contribution is 2.37. The molecule has 12 heteroatoms. The van der Waals surface area contributed by atoms with Crippen LogP contribution in [0.1, 0.15) is 58.0 Å². The molecule has 1 aliphatic rings. The van der Waals surface area contributed by atoms with Crippen LogP contribution in [0.5, 0.6) is 0 Å². The number of thioether (sulfide) groups is 1. The number of rotatable bonds is 9. The highest BCUT2D eigenvalue weighted by Gasteiger charge is 2.24. The standard InChI is InChI=1S/C25H24Cl2N6O2S2/c1-3-10-33-22(14(2)29-23(35)17-9-8-15(26)11-19(17)27)31-32-25(33)36-13-21(34)30-24-18(12-28)16-6-4-5-7-20(16)37-24/h3,8-9,11,14H,1,4-7,10,13H2,2H3,(H,29,35)(H,30,34)/t14-/m0/s1. The van der Waals surface area contributed by atoms with E-state index in [4.69, 9.17) is 23.2 Å². The Balaban J connectivity index is 1.43. The van der Waals surface area contributed by atoms with Crippen molar-refractivity contribution in [3.05, 3.63) is 68.3 Å². The van der Waals surface area contributed by atoms with Gasteiger partial charge in [0.05, 0.1) is 27.9 Å². The number of benzene rings is 1. The number of carbonyl (C=O) groups excluding carboxylic acids is 2. The molecule has 2 amide bonds. The molecule has 37 heavy (non-hydrogen) atoms. The minimum atomic E-state index is -0.495. The summed E-state index contributed by atoms with van der Waals surface area (Å²) in [5, 5.41) is 25.7. The summed E-state index contributed by atoms with van der Waals surface area (Å²) in [4.78, 5) is 26.7. The lowest BCUT2D eigenvalue weighted by molar-refractivity contribution is -0.113. The number of fused-ring (bicyclic) bond motifs is 1. The molecule has 1 aliphatic carbocycles. The number of nitrogens with zero attached hydrogens (tertiary/aromatic N) is 4. The first-order chi connectivity index (χ1) is 17.8. The maximum atomic E-state index is 12.8. The Morgan fingerprint density at radius 2 is 2.11 bits per heavy atom. The number of halogens is 2. The van der Waals surface area contributed by atoms with Gasteiger partial charge in [-0.2, -0.15) is 5.26 Å². The van der Waals surface area contributed by atoms with Crippen LogP contribution >= 0.6 is 46.3 Å². The van der Waals surface area contributed by atoms with Crippen LogP contribution in [0.4, 0.5) is 5.00 Å². The second-order valence-electron chi connectivity index (χ2n) is 8.42. The maximum absolute atomic E-state index is 12.8. The number of anilines is 1. The normalized spacial score (nSPS) is 13.4. The number of aromatic nitrogens is 3. The Morgan fingerprint density at radius 3 is 2.84 bits per heavy atom. The fraction of sp³-hybridized carbons (Fsp3) is 0.320. The first-order valence-electron chi connectivity index (χ1n) is 11.6. The third-order valence-corrected chi connectivity index (χ3v) is 8.56. The summed E-state index contributed by atoms with van der Waals surface area (Å²) < 4.78 is 1.80. The first kappa shape index (κ1) is 27.2. The van der Waals surface area contributed by atoms with Crippen molar-refractivity contribution in [1.82, 2.24) is 20.1 Å². The Labute approximate surface area is 233 Å². The van der Waals surface area contributed by atoms with Crippen LogP contribution in [0, 0.1) is 11.3 Å². The van der Waals surface area contributed by atoms with Crippen molar-refractivity contribution in [1.29, 1.82) is 5.26 Å². The van der Waals surface area contributed by atoms with Crippen LogP contribution in [0.15, 0.2) is 36.0 Å². The third kappa shape index (κ3) is 6.18. The van der Waals surface area contributed by atoms with E-state index >= 15 is 0 Å². The summed E-state index contributed by atoms with van der Waals surface area (Å²) in [6.07, 6.45) is 5.69. The molecule has 0 fully saturated rings. The lowest BCUT2D eigenvalue weighted by Crippen LogP contribution is -2.29. The zero-order valence-corrected chi connectivity index (χ0v) is 23.2. The van der Waals surface area contributed by atoms with Crippen molar-refractivity contribution in [2.45, 2.75) is 50.4 Å². The zero-order chi connectivity index (χ0) is 26.5. The van der Waals surface area contributed by atoms with Crippen LogP contribution in [-0.4, -0.2) is 32.3 Å². The highest BCUT2D eigenvalue weighted by molar-refractivity contribution is 7.99. The number of hydrogen-bond donors (Lipinski definition) is 2. The molecule has 8 nitrogen and oxygen atoms in total. The second kappa shape index (κ2) is 12.1. The molecule has 2 aromatic heterocycles. The molecule has 0 unspecified atom stereocenters. The molecule has 0 aliphatic heterocycles. The van der Waals surface area contributed by atoms with Crippen molar-refractivity contribution in [3.63, 3.8) is 0 Å². The molecule has 0 saturated heterocycles. The average Bonchev–Trinajstić information content (AvgIpc) is 3.43. The van der Waals surface area contributed by atoms with Crippen LogP contribution in [0.3, 0.4) is 0 Å². The van der Waals surface area contributed by atoms with E-state index in [2.05, 4.69) is 33.5 Å². The summed E-state index contributed by atoms with van der Waals surface area (Å²) in [5.41, 5.74) is 1.96. The fourth-order valence-electron chi connectivity index (χ4n) is 4.11. The molecule has 0 saturated carbocycles. The topological polar surface area (TPSA) is 113 Å². The molecule has 2 N–H and O–H groups in total. The Bertz CT molecular complexity index is 1390. The predicted octanol–water partition coefficient (Wildman–Crippen LogP) is 5.80. The van der Waals surface area contributed by atoms with Crippen molar-refractivity contribution in [3.8, 4) is 6.07 Å². The average molecular weight is 576 g/mol. The van der Waals surface area contributed by atoms with Crippen LogP contribution in [0.25, 0.3) is 0 Å². The molecule has 2 heterocycles. The molecule has 1 aromatic carbocycles. The number of nitrogens with one attached hydrogen (secondary N) is 2. The lowest BCUT2D eigenvalue weighted by Gasteiger charge is -2.16. The monoisotopic (exact) mass is 574 g/mol. The zero-order valence-electron chi connectivity index (χ0n) is 20.0. The van der Waals surface area contributed by atoms with Gasteiger partial charge in [-0.25, -0.2) is 0 Å². The van der Waals surface area contributed by atoms with E-state index in [1.807, 2.05) is 0 Å². The number of amides is 2. The van der Waals surface area contributed by atoms with Crippen molar-refractivity contribution >= 4 is 63.1 Å². The summed E-state index contributed by atoms with van der Waals surface area (Å²) in [7, 11) is 0. The van der Waals surface area contributed by atoms with Gasteiger partial charge in [0.2, 0.25) is 5.91 Å². The van der Waals surface area contributed by atoms with E-state index in [0.717, 1.165) is 31.2 Å². The molecular weight excluding hydrogens is 551 g/mol. The Morgan fingerprint density at radius 1 is 1.32 bits per heavy atom. The van der Waals surface area contributed by atoms with Gasteiger partial charge in [-0.3, -0.25) is 9.59 Å². The predicted molar refractivity (Wildman–Crippen MR) is 148 cm³/mol. The molecule has 0 bridgehead atoms. The van der Waals surface area contributed by atoms with Gasteiger partial charge in [0.25, 0.3) is 5.91 Å². The summed E-state index contributed by atoms with van der Waals surface area (Å²) >= 11 is 14.8. The van der Waals surface area contributed by atoms with Gasteiger partial charge in [-0.15, -0.1) is 28.1 Å². The first-order valence-corrected chi connectivity index (χ1v) is 14.1.